The lowest BCUT2D eigenvalue weighted by Crippen LogP contribution is -1.95. The van der Waals surface area contributed by atoms with Crippen LogP contribution in [0.15, 0.2) is 39.2 Å². The van der Waals surface area contributed by atoms with E-state index in [1.54, 1.807) is 12.1 Å². The molecule has 0 unspecified atom stereocenters. The lowest BCUT2D eigenvalue weighted by molar-refractivity contribution is 0.266. The van der Waals surface area contributed by atoms with Gasteiger partial charge in [-0.05, 0) is 30.3 Å². The van der Waals surface area contributed by atoms with Crippen LogP contribution in [0.3, 0.4) is 0 Å². The van der Waals surface area contributed by atoms with Crippen LogP contribution in [0.5, 0.6) is 5.75 Å². The Morgan fingerprint density at radius 3 is 2.65 bits per heavy atom. The molecule has 0 aliphatic heterocycles. The van der Waals surface area contributed by atoms with Crippen molar-refractivity contribution in [1.82, 2.24) is 0 Å². The number of hydrogen-bond acceptors (Lipinski definition) is 3. The Morgan fingerprint density at radius 1 is 1.24 bits per heavy atom. The number of ether oxygens (including phenoxy) is 1. The molecule has 5 heteroatoms. The van der Waals surface area contributed by atoms with Gasteiger partial charge < -0.3 is 14.9 Å². The zero-order valence-corrected chi connectivity index (χ0v) is 11.3. The van der Waals surface area contributed by atoms with Crippen LogP contribution in [0.2, 0.25) is 5.02 Å². The predicted molar refractivity (Wildman–Crippen MR) is 70.1 cm³/mol. The van der Waals surface area contributed by atoms with Gasteiger partial charge in [-0.3, -0.25) is 0 Å². The average Bonchev–Trinajstić information content (AvgIpc) is 2.76. The summed E-state index contributed by atoms with van der Waals surface area (Å²) in [6.07, 6.45) is 0. The average molecular weight is 317 g/mol. The monoisotopic (exact) mass is 315 g/mol. The van der Waals surface area contributed by atoms with E-state index in [1.165, 1.54) is 0 Å². The van der Waals surface area contributed by atoms with Crippen LogP contribution in [-0.4, -0.2) is 0 Å². The Balaban J connectivity index is 2.02. The first-order chi connectivity index (χ1) is 8.19. The van der Waals surface area contributed by atoms with E-state index < -0.39 is 0 Å². The van der Waals surface area contributed by atoms with E-state index in [1.807, 2.05) is 18.2 Å². The van der Waals surface area contributed by atoms with Gasteiger partial charge in [0.1, 0.15) is 23.9 Å². The van der Waals surface area contributed by atoms with E-state index in [2.05, 4.69) is 15.9 Å². The summed E-state index contributed by atoms with van der Waals surface area (Å²) in [7, 11) is 0. The first kappa shape index (κ1) is 12.5. The quantitative estimate of drug-likeness (QED) is 0.935. The Hall–Kier alpha value is -0.970. The van der Waals surface area contributed by atoms with Gasteiger partial charge in [0.15, 0.2) is 0 Å². The standard InChI is InChI=1S/C12H11BrClNO2/c13-8-1-4-12(11(14)5-8)16-7-10-3-2-9(6-15)17-10/h1-5H,6-7,15H2. The molecule has 0 radical (unpaired) electrons. The maximum atomic E-state index is 6.02. The zero-order valence-electron chi connectivity index (χ0n) is 8.95. The minimum atomic E-state index is 0.335. The van der Waals surface area contributed by atoms with Gasteiger partial charge in [-0.2, -0.15) is 0 Å². The van der Waals surface area contributed by atoms with E-state index in [4.69, 9.17) is 26.5 Å². The van der Waals surface area contributed by atoms with Crippen molar-refractivity contribution in [2.24, 2.45) is 5.73 Å². The van der Waals surface area contributed by atoms with Crippen molar-refractivity contribution < 1.29 is 9.15 Å². The molecule has 0 aliphatic rings. The SMILES string of the molecule is NCc1ccc(COc2ccc(Br)cc2Cl)o1. The van der Waals surface area contributed by atoms with Crippen molar-refractivity contribution >= 4 is 27.5 Å². The van der Waals surface area contributed by atoms with Crippen LogP contribution < -0.4 is 10.5 Å². The molecule has 0 bridgehead atoms. The molecule has 90 valence electrons. The summed E-state index contributed by atoms with van der Waals surface area (Å²) in [6.45, 7) is 0.723. The number of rotatable bonds is 4. The summed E-state index contributed by atoms with van der Waals surface area (Å²) in [5, 5.41) is 0.560. The zero-order chi connectivity index (χ0) is 12.3. The minimum absolute atomic E-state index is 0.335. The molecule has 1 aromatic heterocycles. The van der Waals surface area contributed by atoms with E-state index in [9.17, 15) is 0 Å². The van der Waals surface area contributed by atoms with Crippen molar-refractivity contribution in [2.75, 3.05) is 0 Å². The molecular weight excluding hydrogens is 305 g/mol. The van der Waals surface area contributed by atoms with Gasteiger partial charge in [-0.1, -0.05) is 27.5 Å². The number of hydrogen-bond donors (Lipinski definition) is 1. The molecule has 0 fully saturated rings. The molecule has 0 saturated carbocycles. The van der Waals surface area contributed by atoms with E-state index in [0.717, 1.165) is 16.0 Å². The molecule has 1 heterocycles. The van der Waals surface area contributed by atoms with E-state index in [-0.39, 0.29) is 0 Å². The molecule has 17 heavy (non-hydrogen) atoms. The molecule has 0 atom stereocenters. The highest BCUT2D eigenvalue weighted by Gasteiger charge is 2.05. The van der Waals surface area contributed by atoms with Crippen molar-refractivity contribution in [3.05, 3.63) is 51.3 Å². The lowest BCUT2D eigenvalue weighted by Gasteiger charge is -2.06. The van der Waals surface area contributed by atoms with Crippen LogP contribution >= 0.6 is 27.5 Å². The van der Waals surface area contributed by atoms with Crippen LogP contribution in [-0.2, 0) is 13.2 Å². The second-order valence-corrected chi connectivity index (χ2v) is 4.76. The summed E-state index contributed by atoms with van der Waals surface area (Å²) in [6, 6.07) is 9.13. The first-order valence-corrected chi connectivity index (χ1v) is 6.21. The molecule has 0 aliphatic carbocycles. The normalized spacial score (nSPS) is 10.5. The lowest BCUT2D eigenvalue weighted by atomic mass is 10.3. The van der Waals surface area contributed by atoms with Crippen LogP contribution in [0.25, 0.3) is 0 Å². The molecule has 0 saturated heterocycles. The van der Waals surface area contributed by atoms with Crippen molar-refractivity contribution in [1.29, 1.82) is 0 Å². The number of furan rings is 1. The highest BCUT2D eigenvalue weighted by Crippen LogP contribution is 2.28. The Labute approximate surface area is 113 Å². The smallest absolute Gasteiger partial charge is 0.146 e. The fourth-order valence-corrected chi connectivity index (χ4v) is 2.08. The van der Waals surface area contributed by atoms with Gasteiger partial charge in [-0.15, -0.1) is 0 Å². The number of nitrogens with two attached hydrogens (primary N) is 1. The molecular formula is C12H11BrClNO2. The van der Waals surface area contributed by atoms with Gasteiger partial charge in [0.2, 0.25) is 0 Å². The minimum Gasteiger partial charge on any atom is -0.484 e. The Kier molecular flexibility index (Phi) is 4.10. The van der Waals surface area contributed by atoms with Crippen molar-refractivity contribution in [3.63, 3.8) is 0 Å². The molecule has 2 N–H and O–H groups in total. The predicted octanol–water partition coefficient (Wildman–Crippen LogP) is 3.73. The van der Waals surface area contributed by atoms with Crippen molar-refractivity contribution in [3.8, 4) is 5.75 Å². The summed E-state index contributed by atoms with van der Waals surface area (Å²) in [4.78, 5) is 0. The third-order valence-electron chi connectivity index (χ3n) is 2.18. The fourth-order valence-electron chi connectivity index (χ4n) is 1.35. The molecule has 2 aromatic rings. The van der Waals surface area contributed by atoms with E-state index >= 15 is 0 Å². The molecule has 3 nitrogen and oxygen atoms in total. The topological polar surface area (TPSA) is 48.4 Å². The van der Waals surface area contributed by atoms with Crippen LogP contribution in [0.1, 0.15) is 11.5 Å². The van der Waals surface area contributed by atoms with Gasteiger partial charge in [0.25, 0.3) is 0 Å². The van der Waals surface area contributed by atoms with E-state index in [0.29, 0.717) is 23.9 Å². The highest BCUT2D eigenvalue weighted by molar-refractivity contribution is 9.10. The van der Waals surface area contributed by atoms with Gasteiger partial charge in [0, 0.05) is 4.47 Å². The summed E-state index contributed by atoms with van der Waals surface area (Å²) in [5.74, 6) is 2.09. The maximum absolute atomic E-state index is 6.02. The summed E-state index contributed by atoms with van der Waals surface area (Å²) >= 11 is 9.36. The van der Waals surface area contributed by atoms with Crippen LogP contribution in [0, 0.1) is 0 Å². The summed E-state index contributed by atoms with van der Waals surface area (Å²) in [5.41, 5.74) is 5.45. The largest absolute Gasteiger partial charge is 0.484 e. The number of benzene rings is 1. The van der Waals surface area contributed by atoms with Gasteiger partial charge in [0.05, 0.1) is 11.6 Å². The summed E-state index contributed by atoms with van der Waals surface area (Å²) < 4.78 is 11.9. The molecule has 0 spiro atoms. The van der Waals surface area contributed by atoms with Gasteiger partial charge in [-0.25, -0.2) is 0 Å². The number of halogens is 2. The second-order valence-electron chi connectivity index (χ2n) is 3.44. The third kappa shape index (κ3) is 3.25. The van der Waals surface area contributed by atoms with Crippen LogP contribution in [0.4, 0.5) is 0 Å². The molecule has 2 rings (SSSR count). The first-order valence-electron chi connectivity index (χ1n) is 5.04. The maximum Gasteiger partial charge on any atom is 0.146 e. The molecule has 0 amide bonds. The Bertz CT molecular complexity index is 513. The Morgan fingerprint density at radius 2 is 2.00 bits per heavy atom. The second kappa shape index (κ2) is 5.58. The fraction of sp³-hybridized carbons (Fsp3) is 0.167. The molecule has 1 aromatic carbocycles. The van der Waals surface area contributed by atoms with Gasteiger partial charge >= 0.3 is 0 Å². The highest BCUT2D eigenvalue weighted by atomic mass is 79.9. The van der Waals surface area contributed by atoms with Crippen molar-refractivity contribution in [2.45, 2.75) is 13.2 Å². The third-order valence-corrected chi connectivity index (χ3v) is 2.97.